The van der Waals surface area contributed by atoms with Gasteiger partial charge in [-0.2, -0.15) is 0 Å². The standard InChI is InChI=1S/C7H7BN2O2S/c1-4-10-6-2-5(8(11)12)3-9-7(6)13-4/h2-3,11-12H,1H3. The van der Waals surface area contributed by atoms with Gasteiger partial charge in [-0.25, -0.2) is 9.97 Å². The summed E-state index contributed by atoms with van der Waals surface area (Å²) in [6.07, 6.45) is 1.45. The molecule has 0 saturated carbocycles. The van der Waals surface area contributed by atoms with Gasteiger partial charge in [-0.15, -0.1) is 0 Å². The zero-order valence-corrected chi connectivity index (χ0v) is 7.75. The molecule has 0 aromatic carbocycles. The number of aryl methyl sites for hydroxylation is 1. The van der Waals surface area contributed by atoms with Crippen LogP contribution in [0.1, 0.15) is 5.01 Å². The van der Waals surface area contributed by atoms with E-state index in [9.17, 15) is 0 Å². The molecule has 0 aliphatic rings. The summed E-state index contributed by atoms with van der Waals surface area (Å²) in [4.78, 5) is 9.07. The van der Waals surface area contributed by atoms with Crippen molar-refractivity contribution >= 4 is 34.3 Å². The van der Waals surface area contributed by atoms with E-state index in [4.69, 9.17) is 10.0 Å². The molecular formula is C7H7BN2O2S. The Labute approximate surface area is 79.0 Å². The van der Waals surface area contributed by atoms with Gasteiger partial charge >= 0.3 is 7.12 Å². The Morgan fingerprint density at radius 1 is 1.46 bits per heavy atom. The average molecular weight is 194 g/mol. The summed E-state index contributed by atoms with van der Waals surface area (Å²) in [5.41, 5.74) is 1.09. The van der Waals surface area contributed by atoms with Gasteiger partial charge in [0.1, 0.15) is 4.83 Å². The van der Waals surface area contributed by atoms with Gasteiger partial charge in [0.25, 0.3) is 0 Å². The van der Waals surface area contributed by atoms with Crippen LogP contribution in [0.4, 0.5) is 0 Å². The average Bonchev–Trinajstić information content (AvgIpc) is 2.42. The minimum absolute atomic E-state index is 0.373. The molecule has 2 heterocycles. The number of rotatable bonds is 1. The largest absolute Gasteiger partial charge is 0.490 e. The van der Waals surface area contributed by atoms with Crippen molar-refractivity contribution in [3.8, 4) is 0 Å². The second-order valence-corrected chi connectivity index (χ2v) is 3.88. The zero-order valence-electron chi connectivity index (χ0n) is 6.93. The minimum Gasteiger partial charge on any atom is -0.423 e. The van der Waals surface area contributed by atoms with Crippen LogP contribution in [-0.4, -0.2) is 27.1 Å². The molecule has 0 bridgehead atoms. The van der Waals surface area contributed by atoms with Crippen LogP contribution >= 0.6 is 11.3 Å². The third-order valence-electron chi connectivity index (χ3n) is 1.67. The Morgan fingerprint density at radius 3 is 2.92 bits per heavy atom. The second-order valence-electron chi connectivity index (χ2n) is 2.70. The summed E-state index contributed by atoms with van der Waals surface area (Å²) in [7, 11) is -1.47. The second kappa shape index (κ2) is 3.06. The van der Waals surface area contributed by atoms with Crippen LogP contribution in [0.3, 0.4) is 0 Å². The molecule has 2 N–H and O–H groups in total. The van der Waals surface area contributed by atoms with E-state index in [1.165, 1.54) is 17.5 Å². The van der Waals surface area contributed by atoms with Crippen LogP contribution in [0.25, 0.3) is 10.3 Å². The summed E-state index contributed by atoms with van der Waals surface area (Å²) >= 11 is 1.49. The monoisotopic (exact) mass is 194 g/mol. The van der Waals surface area contributed by atoms with Gasteiger partial charge in [-0.05, 0) is 13.0 Å². The molecule has 2 aromatic rings. The molecule has 13 heavy (non-hydrogen) atoms. The van der Waals surface area contributed by atoms with Gasteiger partial charge in [0.2, 0.25) is 0 Å². The van der Waals surface area contributed by atoms with Gasteiger partial charge < -0.3 is 10.0 Å². The van der Waals surface area contributed by atoms with Crippen LogP contribution in [0.5, 0.6) is 0 Å². The van der Waals surface area contributed by atoms with Crippen molar-refractivity contribution in [2.75, 3.05) is 0 Å². The number of hydrogen-bond donors (Lipinski definition) is 2. The first-order valence-electron chi connectivity index (χ1n) is 3.76. The molecule has 0 saturated heterocycles. The summed E-state index contributed by atoms with van der Waals surface area (Å²) in [6.45, 7) is 1.89. The minimum atomic E-state index is -1.47. The molecule has 4 nitrogen and oxygen atoms in total. The number of pyridine rings is 1. The van der Waals surface area contributed by atoms with Crippen molar-refractivity contribution in [3.63, 3.8) is 0 Å². The first-order chi connectivity index (χ1) is 6.16. The molecule has 0 atom stereocenters. The van der Waals surface area contributed by atoms with Crippen molar-refractivity contribution in [1.29, 1.82) is 0 Å². The molecule has 0 unspecified atom stereocenters. The first-order valence-corrected chi connectivity index (χ1v) is 4.57. The first kappa shape index (κ1) is 8.62. The Kier molecular flexibility index (Phi) is 2.03. The quantitative estimate of drug-likeness (QED) is 0.610. The molecule has 0 aliphatic carbocycles. The molecule has 0 fully saturated rings. The molecule has 0 radical (unpaired) electrons. The predicted octanol–water partition coefficient (Wildman–Crippen LogP) is -0.320. The topological polar surface area (TPSA) is 66.2 Å². The molecule has 0 spiro atoms. The molecule has 0 amide bonds. The summed E-state index contributed by atoms with van der Waals surface area (Å²) in [5.74, 6) is 0. The van der Waals surface area contributed by atoms with Crippen LogP contribution < -0.4 is 5.46 Å². The molecule has 66 valence electrons. The fraction of sp³-hybridized carbons (Fsp3) is 0.143. The third-order valence-corrected chi connectivity index (χ3v) is 2.57. The van der Waals surface area contributed by atoms with Crippen molar-refractivity contribution in [1.82, 2.24) is 9.97 Å². The van der Waals surface area contributed by atoms with E-state index >= 15 is 0 Å². The van der Waals surface area contributed by atoms with Gasteiger partial charge in [0.15, 0.2) is 0 Å². The van der Waals surface area contributed by atoms with Crippen molar-refractivity contribution < 1.29 is 10.0 Å². The fourth-order valence-corrected chi connectivity index (χ4v) is 1.83. The molecule has 2 rings (SSSR count). The lowest BCUT2D eigenvalue weighted by Gasteiger charge is -1.96. The Balaban J connectivity index is 2.61. The van der Waals surface area contributed by atoms with Crippen LogP contribution in [0.15, 0.2) is 12.3 Å². The normalized spacial score (nSPS) is 10.7. The van der Waals surface area contributed by atoms with E-state index in [-0.39, 0.29) is 0 Å². The van der Waals surface area contributed by atoms with Crippen molar-refractivity contribution in [2.24, 2.45) is 0 Å². The smallest absolute Gasteiger partial charge is 0.423 e. The number of thiazole rings is 1. The highest BCUT2D eigenvalue weighted by molar-refractivity contribution is 7.18. The van der Waals surface area contributed by atoms with E-state index < -0.39 is 7.12 Å². The Hall–Kier alpha value is -0.975. The molecule has 0 aliphatic heterocycles. The predicted molar refractivity (Wildman–Crippen MR) is 52.0 cm³/mol. The highest BCUT2D eigenvalue weighted by Gasteiger charge is 2.12. The van der Waals surface area contributed by atoms with Gasteiger partial charge in [0, 0.05) is 11.7 Å². The number of hydrogen-bond acceptors (Lipinski definition) is 5. The number of fused-ring (bicyclic) bond motifs is 1. The maximum atomic E-state index is 8.88. The van der Waals surface area contributed by atoms with Gasteiger partial charge in [0.05, 0.1) is 10.5 Å². The lowest BCUT2D eigenvalue weighted by molar-refractivity contribution is 0.425. The van der Waals surface area contributed by atoms with Crippen LogP contribution in [0.2, 0.25) is 0 Å². The summed E-state index contributed by atoms with van der Waals surface area (Å²) in [6, 6.07) is 1.64. The van der Waals surface area contributed by atoms with E-state index in [2.05, 4.69) is 9.97 Å². The van der Waals surface area contributed by atoms with E-state index in [0.717, 1.165) is 9.84 Å². The van der Waals surface area contributed by atoms with Gasteiger partial charge in [-0.3, -0.25) is 0 Å². The lowest BCUT2D eigenvalue weighted by Crippen LogP contribution is -2.29. The fourth-order valence-electron chi connectivity index (χ4n) is 1.09. The number of aromatic nitrogens is 2. The van der Waals surface area contributed by atoms with Crippen LogP contribution in [0, 0.1) is 6.92 Å². The van der Waals surface area contributed by atoms with E-state index in [0.29, 0.717) is 11.0 Å². The summed E-state index contributed by atoms with van der Waals surface area (Å²) < 4.78 is 0. The molecule has 6 heteroatoms. The number of nitrogens with zero attached hydrogens (tertiary/aromatic N) is 2. The lowest BCUT2D eigenvalue weighted by atomic mass is 9.82. The van der Waals surface area contributed by atoms with Gasteiger partial charge in [-0.1, -0.05) is 11.3 Å². The summed E-state index contributed by atoms with van der Waals surface area (Å²) in [5, 5.41) is 18.7. The third kappa shape index (κ3) is 1.56. The SMILES string of the molecule is Cc1nc2cc(B(O)O)cnc2s1. The maximum absolute atomic E-state index is 8.88. The Bertz CT molecular complexity index is 443. The molecule has 2 aromatic heterocycles. The molecular weight excluding hydrogens is 187 g/mol. The Morgan fingerprint density at radius 2 is 2.23 bits per heavy atom. The maximum Gasteiger partial charge on any atom is 0.490 e. The highest BCUT2D eigenvalue weighted by Crippen LogP contribution is 2.17. The van der Waals surface area contributed by atoms with E-state index in [1.54, 1.807) is 6.07 Å². The van der Waals surface area contributed by atoms with Crippen molar-refractivity contribution in [2.45, 2.75) is 6.92 Å². The van der Waals surface area contributed by atoms with E-state index in [1.807, 2.05) is 6.92 Å². The highest BCUT2D eigenvalue weighted by atomic mass is 32.1. The zero-order chi connectivity index (χ0) is 9.42. The van der Waals surface area contributed by atoms with Crippen LogP contribution in [-0.2, 0) is 0 Å². The van der Waals surface area contributed by atoms with Crippen molar-refractivity contribution in [3.05, 3.63) is 17.3 Å².